The number of nitrogens with zero attached hydrogens (tertiary/aromatic N) is 1. The Bertz CT molecular complexity index is 564. The number of ether oxygens (including phenoxy) is 1. The standard InChI is InChI=1S/C17H20BrNO/c1-12(2)15-7-5-14(6-8-15)11-20-17-9-4-13(3)19-16(17)10-18/h4-9,12H,10-11H2,1-3H3. The van der Waals surface area contributed by atoms with Gasteiger partial charge < -0.3 is 4.74 Å². The normalized spacial score (nSPS) is 10.8. The van der Waals surface area contributed by atoms with E-state index in [0.29, 0.717) is 17.9 Å². The van der Waals surface area contributed by atoms with E-state index in [0.717, 1.165) is 17.1 Å². The summed E-state index contributed by atoms with van der Waals surface area (Å²) in [6.07, 6.45) is 0. The number of halogens is 1. The molecular formula is C17H20BrNO. The second-order valence-electron chi connectivity index (χ2n) is 5.22. The second-order valence-corrected chi connectivity index (χ2v) is 5.78. The van der Waals surface area contributed by atoms with Crippen LogP contribution in [0.1, 0.15) is 42.3 Å². The van der Waals surface area contributed by atoms with Gasteiger partial charge in [0, 0.05) is 11.0 Å². The lowest BCUT2D eigenvalue weighted by atomic mass is 10.0. The second kappa shape index (κ2) is 6.89. The van der Waals surface area contributed by atoms with E-state index in [1.165, 1.54) is 11.1 Å². The summed E-state index contributed by atoms with van der Waals surface area (Å²) in [5, 5.41) is 0.705. The maximum Gasteiger partial charge on any atom is 0.142 e. The molecule has 0 saturated carbocycles. The van der Waals surface area contributed by atoms with Crippen molar-refractivity contribution in [3.05, 3.63) is 58.9 Å². The largest absolute Gasteiger partial charge is 0.487 e. The van der Waals surface area contributed by atoms with Gasteiger partial charge in [0.25, 0.3) is 0 Å². The summed E-state index contributed by atoms with van der Waals surface area (Å²) in [6.45, 7) is 6.96. The fourth-order valence-corrected chi connectivity index (χ4v) is 2.39. The average Bonchev–Trinajstić information content (AvgIpc) is 2.46. The highest BCUT2D eigenvalue weighted by Crippen LogP contribution is 2.21. The van der Waals surface area contributed by atoms with Gasteiger partial charge in [-0.25, -0.2) is 0 Å². The Balaban J connectivity index is 2.05. The first kappa shape index (κ1) is 15.0. The van der Waals surface area contributed by atoms with Gasteiger partial charge in [0.05, 0.1) is 5.69 Å². The van der Waals surface area contributed by atoms with Gasteiger partial charge in [0.1, 0.15) is 12.4 Å². The minimum atomic E-state index is 0.561. The van der Waals surface area contributed by atoms with Crippen LogP contribution < -0.4 is 4.74 Å². The van der Waals surface area contributed by atoms with Crippen LogP contribution in [0.25, 0.3) is 0 Å². The molecule has 0 bridgehead atoms. The van der Waals surface area contributed by atoms with Gasteiger partial charge in [-0.05, 0) is 36.1 Å². The van der Waals surface area contributed by atoms with E-state index in [1.54, 1.807) is 0 Å². The molecule has 2 nitrogen and oxygen atoms in total. The van der Waals surface area contributed by atoms with E-state index in [4.69, 9.17) is 4.74 Å². The number of hydrogen-bond donors (Lipinski definition) is 0. The predicted octanol–water partition coefficient (Wildman–Crippen LogP) is 4.99. The van der Waals surface area contributed by atoms with Crippen molar-refractivity contribution in [1.29, 1.82) is 0 Å². The number of pyridine rings is 1. The van der Waals surface area contributed by atoms with E-state index in [1.807, 2.05) is 19.1 Å². The molecule has 1 aromatic carbocycles. The van der Waals surface area contributed by atoms with Crippen molar-refractivity contribution in [3.63, 3.8) is 0 Å². The minimum absolute atomic E-state index is 0.561. The van der Waals surface area contributed by atoms with Gasteiger partial charge in [-0.2, -0.15) is 0 Å². The van der Waals surface area contributed by atoms with Gasteiger partial charge in [0.2, 0.25) is 0 Å². The molecule has 0 fully saturated rings. The number of rotatable bonds is 5. The summed E-state index contributed by atoms with van der Waals surface area (Å²) in [7, 11) is 0. The third-order valence-electron chi connectivity index (χ3n) is 3.24. The fraction of sp³-hybridized carbons (Fsp3) is 0.353. The summed E-state index contributed by atoms with van der Waals surface area (Å²) in [6, 6.07) is 12.6. The Labute approximate surface area is 129 Å². The first-order chi connectivity index (χ1) is 9.60. The summed E-state index contributed by atoms with van der Waals surface area (Å²) >= 11 is 3.45. The molecule has 2 aromatic rings. The molecule has 0 saturated heterocycles. The Morgan fingerprint density at radius 1 is 1.10 bits per heavy atom. The lowest BCUT2D eigenvalue weighted by Crippen LogP contribution is -2.00. The van der Waals surface area contributed by atoms with Gasteiger partial charge >= 0.3 is 0 Å². The monoisotopic (exact) mass is 333 g/mol. The molecule has 0 unspecified atom stereocenters. The zero-order chi connectivity index (χ0) is 14.5. The summed E-state index contributed by atoms with van der Waals surface area (Å²) in [5.74, 6) is 1.41. The average molecular weight is 334 g/mol. The van der Waals surface area contributed by atoms with E-state index in [2.05, 4.69) is 59.0 Å². The van der Waals surface area contributed by atoms with Crippen molar-refractivity contribution in [2.24, 2.45) is 0 Å². The molecule has 0 spiro atoms. The summed E-state index contributed by atoms with van der Waals surface area (Å²) in [4.78, 5) is 4.47. The highest BCUT2D eigenvalue weighted by Gasteiger charge is 2.05. The lowest BCUT2D eigenvalue weighted by molar-refractivity contribution is 0.302. The first-order valence-electron chi connectivity index (χ1n) is 6.84. The molecule has 0 N–H and O–H groups in total. The molecule has 2 rings (SSSR count). The predicted molar refractivity (Wildman–Crippen MR) is 86.5 cm³/mol. The Hall–Kier alpha value is -1.35. The number of hydrogen-bond acceptors (Lipinski definition) is 2. The van der Waals surface area contributed by atoms with Crippen molar-refractivity contribution in [3.8, 4) is 5.75 Å². The molecule has 0 aliphatic heterocycles. The molecule has 0 aliphatic carbocycles. The number of benzene rings is 1. The minimum Gasteiger partial charge on any atom is -0.487 e. The van der Waals surface area contributed by atoms with E-state index in [9.17, 15) is 0 Å². The van der Waals surface area contributed by atoms with Gasteiger partial charge in [-0.1, -0.05) is 54.0 Å². The van der Waals surface area contributed by atoms with Crippen LogP contribution in [0.4, 0.5) is 0 Å². The fourth-order valence-electron chi connectivity index (χ4n) is 1.98. The van der Waals surface area contributed by atoms with Gasteiger partial charge in [-0.3, -0.25) is 4.98 Å². The molecular weight excluding hydrogens is 314 g/mol. The van der Waals surface area contributed by atoms with Crippen molar-refractivity contribution < 1.29 is 4.74 Å². The Morgan fingerprint density at radius 3 is 2.40 bits per heavy atom. The molecule has 1 aromatic heterocycles. The lowest BCUT2D eigenvalue weighted by Gasteiger charge is -2.11. The number of alkyl halides is 1. The summed E-state index contributed by atoms with van der Waals surface area (Å²) in [5.41, 5.74) is 4.49. The SMILES string of the molecule is Cc1ccc(OCc2ccc(C(C)C)cc2)c(CBr)n1. The van der Waals surface area contributed by atoms with E-state index >= 15 is 0 Å². The van der Waals surface area contributed by atoms with Crippen LogP contribution in [-0.4, -0.2) is 4.98 Å². The van der Waals surface area contributed by atoms with Crippen molar-refractivity contribution >= 4 is 15.9 Å². The zero-order valence-corrected chi connectivity index (χ0v) is 13.8. The Morgan fingerprint density at radius 2 is 1.80 bits per heavy atom. The third kappa shape index (κ3) is 3.83. The van der Waals surface area contributed by atoms with Crippen molar-refractivity contribution in [1.82, 2.24) is 4.98 Å². The topological polar surface area (TPSA) is 22.1 Å². The van der Waals surface area contributed by atoms with Crippen LogP contribution in [0.5, 0.6) is 5.75 Å². The highest BCUT2D eigenvalue weighted by molar-refractivity contribution is 9.08. The molecule has 106 valence electrons. The maximum absolute atomic E-state index is 5.88. The maximum atomic E-state index is 5.88. The molecule has 3 heteroatoms. The molecule has 0 radical (unpaired) electrons. The third-order valence-corrected chi connectivity index (χ3v) is 3.77. The number of aromatic nitrogens is 1. The first-order valence-corrected chi connectivity index (χ1v) is 7.96. The van der Waals surface area contributed by atoms with E-state index < -0.39 is 0 Å². The van der Waals surface area contributed by atoms with Crippen LogP contribution in [0, 0.1) is 6.92 Å². The smallest absolute Gasteiger partial charge is 0.142 e. The van der Waals surface area contributed by atoms with Crippen molar-refractivity contribution in [2.75, 3.05) is 0 Å². The highest BCUT2D eigenvalue weighted by atomic mass is 79.9. The molecule has 0 atom stereocenters. The van der Waals surface area contributed by atoms with Gasteiger partial charge in [-0.15, -0.1) is 0 Å². The number of aryl methyl sites for hydroxylation is 1. The van der Waals surface area contributed by atoms with E-state index in [-0.39, 0.29) is 0 Å². The van der Waals surface area contributed by atoms with Crippen LogP contribution in [0.3, 0.4) is 0 Å². The van der Waals surface area contributed by atoms with Crippen molar-refractivity contribution in [2.45, 2.75) is 38.6 Å². The molecule has 20 heavy (non-hydrogen) atoms. The summed E-state index contributed by atoms with van der Waals surface area (Å²) < 4.78 is 5.88. The van der Waals surface area contributed by atoms with Crippen LogP contribution in [0.2, 0.25) is 0 Å². The van der Waals surface area contributed by atoms with Crippen LogP contribution in [-0.2, 0) is 11.9 Å². The Kier molecular flexibility index (Phi) is 5.18. The molecule has 0 aliphatic rings. The van der Waals surface area contributed by atoms with Crippen LogP contribution >= 0.6 is 15.9 Å². The van der Waals surface area contributed by atoms with Crippen LogP contribution in [0.15, 0.2) is 36.4 Å². The van der Waals surface area contributed by atoms with Gasteiger partial charge in [0.15, 0.2) is 0 Å². The zero-order valence-electron chi connectivity index (χ0n) is 12.2. The molecule has 0 amide bonds. The quantitative estimate of drug-likeness (QED) is 0.719. The molecule has 1 heterocycles.